The summed E-state index contributed by atoms with van der Waals surface area (Å²) in [5.41, 5.74) is 8.03. The van der Waals surface area contributed by atoms with E-state index in [1.54, 1.807) is 0 Å². The van der Waals surface area contributed by atoms with Crippen LogP contribution in [-0.2, 0) is 6.42 Å². The molecule has 106 valence electrons. The summed E-state index contributed by atoms with van der Waals surface area (Å²) in [6.07, 6.45) is 3.61. The topological polar surface area (TPSA) is 48.1 Å². The van der Waals surface area contributed by atoms with Gasteiger partial charge >= 0.3 is 0 Å². The molecule has 1 atom stereocenters. The average Bonchev–Trinajstić information content (AvgIpc) is 2.45. The van der Waals surface area contributed by atoms with Crippen LogP contribution < -0.4 is 10.5 Å². The molecule has 0 fully saturated rings. The van der Waals surface area contributed by atoms with E-state index in [4.69, 9.17) is 22.1 Å². The number of hydrogen-bond donors (Lipinski definition) is 1. The molecule has 0 spiro atoms. The van der Waals surface area contributed by atoms with Crippen molar-refractivity contribution in [1.29, 1.82) is 0 Å². The summed E-state index contributed by atoms with van der Waals surface area (Å²) in [5, 5.41) is 0.731. The van der Waals surface area contributed by atoms with Crippen LogP contribution in [-0.4, -0.2) is 11.0 Å². The number of benzene rings is 1. The van der Waals surface area contributed by atoms with Gasteiger partial charge < -0.3 is 10.5 Å². The lowest BCUT2D eigenvalue weighted by atomic mass is 10.1. The van der Waals surface area contributed by atoms with Crippen LogP contribution in [0.4, 0.5) is 0 Å². The zero-order valence-electron chi connectivity index (χ0n) is 11.8. The Bertz CT molecular complexity index is 569. The smallest absolute Gasteiger partial charge is 0.219 e. The fraction of sp³-hybridized carbons (Fsp3) is 0.312. The molecule has 2 aromatic rings. The van der Waals surface area contributed by atoms with E-state index in [-0.39, 0.29) is 6.04 Å². The summed E-state index contributed by atoms with van der Waals surface area (Å²) in [6.45, 7) is 4.02. The van der Waals surface area contributed by atoms with Crippen LogP contribution >= 0.6 is 11.6 Å². The minimum Gasteiger partial charge on any atom is -0.439 e. The second-order valence-corrected chi connectivity index (χ2v) is 5.30. The number of ether oxygens (including phenoxy) is 1. The van der Waals surface area contributed by atoms with Crippen molar-refractivity contribution in [2.24, 2.45) is 5.73 Å². The van der Waals surface area contributed by atoms with Gasteiger partial charge in [-0.2, -0.15) is 0 Å². The predicted molar refractivity (Wildman–Crippen MR) is 82.5 cm³/mol. The molecular formula is C16H19ClN2O. The second-order valence-electron chi connectivity index (χ2n) is 4.89. The van der Waals surface area contributed by atoms with Gasteiger partial charge in [0.1, 0.15) is 5.75 Å². The molecule has 20 heavy (non-hydrogen) atoms. The van der Waals surface area contributed by atoms with Gasteiger partial charge in [-0.25, -0.2) is 4.98 Å². The molecule has 1 unspecified atom stereocenters. The molecule has 0 saturated carbocycles. The molecule has 1 aromatic carbocycles. The van der Waals surface area contributed by atoms with Crippen LogP contribution in [0, 0.1) is 6.92 Å². The molecule has 0 saturated heterocycles. The number of halogens is 1. The van der Waals surface area contributed by atoms with Gasteiger partial charge in [-0.3, -0.25) is 0 Å². The van der Waals surface area contributed by atoms with Crippen LogP contribution in [0.25, 0.3) is 0 Å². The largest absolute Gasteiger partial charge is 0.439 e. The number of aryl methyl sites for hydroxylation is 1. The van der Waals surface area contributed by atoms with Crippen molar-refractivity contribution in [2.75, 3.05) is 0 Å². The van der Waals surface area contributed by atoms with Crippen molar-refractivity contribution in [3.8, 4) is 11.6 Å². The Hall–Kier alpha value is -1.58. The molecule has 0 aliphatic carbocycles. The van der Waals surface area contributed by atoms with Gasteiger partial charge in [-0.05, 0) is 49.1 Å². The Morgan fingerprint density at radius 1 is 1.30 bits per heavy atom. The lowest BCUT2D eigenvalue weighted by Gasteiger charge is -2.09. The highest BCUT2D eigenvalue weighted by Crippen LogP contribution is 2.24. The normalized spacial score (nSPS) is 12.2. The van der Waals surface area contributed by atoms with Crippen LogP contribution in [0.5, 0.6) is 11.6 Å². The number of nitrogens with zero attached hydrogens (tertiary/aromatic N) is 1. The molecule has 0 bridgehead atoms. The molecule has 4 heteroatoms. The van der Waals surface area contributed by atoms with Crippen molar-refractivity contribution in [1.82, 2.24) is 4.98 Å². The monoisotopic (exact) mass is 290 g/mol. The van der Waals surface area contributed by atoms with Gasteiger partial charge in [0.2, 0.25) is 5.88 Å². The highest BCUT2D eigenvalue weighted by atomic mass is 35.5. The SMILES string of the molecule is CCC(N)Cc1ccc(Oc2ccc(Cl)c(C)c2)nc1. The lowest BCUT2D eigenvalue weighted by molar-refractivity contribution is 0.462. The highest BCUT2D eigenvalue weighted by molar-refractivity contribution is 6.31. The molecule has 0 aliphatic rings. The van der Waals surface area contributed by atoms with E-state index < -0.39 is 0 Å². The maximum atomic E-state index is 5.98. The summed E-state index contributed by atoms with van der Waals surface area (Å²) in [7, 11) is 0. The Labute approximate surface area is 124 Å². The Morgan fingerprint density at radius 3 is 2.70 bits per heavy atom. The minimum atomic E-state index is 0.183. The van der Waals surface area contributed by atoms with Gasteiger partial charge in [0.15, 0.2) is 0 Å². The first-order valence-electron chi connectivity index (χ1n) is 6.73. The summed E-state index contributed by atoms with van der Waals surface area (Å²) in [6, 6.07) is 9.59. The predicted octanol–water partition coefficient (Wildman–Crippen LogP) is 4.12. The first-order chi connectivity index (χ1) is 9.58. The van der Waals surface area contributed by atoms with Crippen molar-refractivity contribution in [3.63, 3.8) is 0 Å². The first kappa shape index (κ1) is 14.8. The van der Waals surface area contributed by atoms with E-state index in [9.17, 15) is 0 Å². The van der Waals surface area contributed by atoms with E-state index in [0.29, 0.717) is 5.88 Å². The van der Waals surface area contributed by atoms with E-state index in [0.717, 1.165) is 34.7 Å². The quantitative estimate of drug-likeness (QED) is 0.901. The molecule has 0 amide bonds. The van der Waals surface area contributed by atoms with Gasteiger partial charge in [0.25, 0.3) is 0 Å². The number of nitrogens with two attached hydrogens (primary N) is 1. The molecule has 0 radical (unpaired) electrons. The summed E-state index contributed by atoms with van der Waals surface area (Å²) in [5.74, 6) is 1.30. The average molecular weight is 291 g/mol. The van der Waals surface area contributed by atoms with Gasteiger partial charge in [-0.15, -0.1) is 0 Å². The number of hydrogen-bond acceptors (Lipinski definition) is 3. The summed E-state index contributed by atoms with van der Waals surface area (Å²) >= 11 is 5.98. The fourth-order valence-corrected chi connectivity index (χ4v) is 1.96. The zero-order chi connectivity index (χ0) is 14.5. The number of pyridine rings is 1. The van der Waals surface area contributed by atoms with Crippen LogP contribution in [0.3, 0.4) is 0 Å². The van der Waals surface area contributed by atoms with Crippen LogP contribution in [0.1, 0.15) is 24.5 Å². The van der Waals surface area contributed by atoms with Gasteiger partial charge in [-0.1, -0.05) is 24.6 Å². The molecule has 2 N–H and O–H groups in total. The number of aromatic nitrogens is 1. The molecule has 3 nitrogen and oxygen atoms in total. The van der Waals surface area contributed by atoms with Gasteiger partial charge in [0, 0.05) is 23.3 Å². The Kier molecular flexibility index (Phi) is 4.99. The minimum absolute atomic E-state index is 0.183. The molecular weight excluding hydrogens is 272 g/mol. The van der Waals surface area contributed by atoms with Crippen molar-refractivity contribution >= 4 is 11.6 Å². The third kappa shape index (κ3) is 3.95. The fourth-order valence-electron chi connectivity index (χ4n) is 1.84. The van der Waals surface area contributed by atoms with Crippen molar-refractivity contribution in [3.05, 3.63) is 52.7 Å². The number of rotatable bonds is 5. The van der Waals surface area contributed by atoms with E-state index in [1.165, 1.54) is 0 Å². The second kappa shape index (κ2) is 6.73. The van der Waals surface area contributed by atoms with Gasteiger partial charge in [0.05, 0.1) is 0 Å². The first-order valence-corrected chi connectivity index (χ1v) is 7.10. The molecule has 1 aromatic heterocycles. The zero-order valence-corrected chi connectivity index (χ0v) is 12.5. The van der Waals surface area contributed by atoms with Crippen molar-refractivity contribution in [2.45, 2.75) is 32.7 Å². The Morgan fingerprint density at radius 2 is 2.10 bits per heavy atom. The third-order valence-electron chi connectivity index (χ3n) is 3.17. The lowest BCUT2D eigenvalue weighted by Crippen LogP contribution is -2.21. The van der Waals surface area contributed by atoms with E-state index >= 15 is 0 Å². The summed E-state index contributed by atoms with van der Waals surface area (Å²) in [4.78, 5) is 4.30. The highest BCUT2D eigenvalue weighted by Gasteiger charge is 2.04. The maximum absolute atomic E-state index is 5.98. The molecule has 2 rings (SSSR count). The third-order valence-corrected chi connectivity index (χ3v) is 3.60. The Balaban J connectivity index is 2.04. The standard InChI is InChI=1S/C16H19ClN2O/c1-3-13(18)9-12-4-7-16(19-10-12)20-14-5-6-15(17)11(2)8-14/h4-8,10,13H,3,9,18H2,1-2H3. The van der Waals surface area contributed by atoms with E-state index in [2.05, 4.69) is 11.9 Å². The molecule has 1 heterocycles. The maximum Gasteiger partial charge on any atom is 0.219 e. The van der Waals surface area contributed by atoms with Crippen LogP contribution in [0.15, 0.2) is 36.5 Å². The van der Waals surface area contributed by atoms with Crippen molar-refractivity contribution < 1.29 is 4.74 Å². The van der Waals surface area contributed by atoms with Crippen LogP contribution in [0.2, 0.25) is 5.02 Å². The molecule has 0 aliphatic heterocycles. The summed E-state index contributed by atoms with van der Waals surface area (Å²) < 4.78 is 5.70. The van der Waals surface area contributed by atoms with E-state index in [1.807, 2.05) is 43.5 Å².